The molecule has 0 radical (unpaired) electrons. The lowest BCUT2D eigenvalue weighted by Crippen LogP contribution is -2.18. The third kappa shape index (κ3) is 8.06. The monoisotopic (exact) mass is 200 g/mol. The van der Waals surface area contributed by atoms with Gasteiger partial charge in [0, 0.05) is 19.6 Å². The first kappa shape index (κ1) is 13.4. The molecule has 0 unspecified atom stereocenters. The van der Waals surface area contributed by atoms with Crippen molar-refractivity contribution in [1.82, 2.24) is 0 Å². The third-order valence-electron chi connectivity index (χ3n) is 1.38. The van der Waals surface area contributed by atoms with Crippen molar-refractivity contribution in [3.05, 3.63) is 0 Å². The summed E-state index contributed by atoms with van der Waals surface area (Å²) in [6.45, 7) is 8.37. The second-order valence-electron chi connectivity index (χ2n) is 3.55. The number of aliphatic hydroxyl groups is 1. The predicted octanol–water partition coefficient (Wildman–Crippen LogP) is 1.55. The van der Waals surface area contributed by atoms with Crippen molar-refractivity contribution in [2.75, 3.05) is 13.2 Å². The van der Waals surface area contributed by atoms with Crippen molar-refractivity contribution < 1.29 is 14.6 Å². The summed E-state index contributed by atoms with van der Waals surface area (Å²) in [4.78, 5) is 0. The van der Waals surface area contributed by atoms with E-state index in [1.165, 1.54) is 0 Å². The van der Waals surface area contributed by atoms with E-state index >= 15 is 0 Å². The van der Waals surface area contributed by atoms with Gasteiger partial charge in [-0.05, 0) is 33.6 Å². The van der Waals surface area contributed by atoms with Gasteiger partial charge in [0.2, 0.25) is 6.29 Å². The molecule has 0 heterocycles. The fraction of sp³-hybridized carbons (Fsp3) is 0.818. The summed E-state index contributed by atoms with van der Waals surface area (Å²) in [5, 5.41) is 9.41. The van der Waals surface area contributed by atoms with E-state index in [0.29, 0.717) is 19.6 Å². The number of hydrogen-bond donors (Lipinski definition) is 1. The van der Waals surface area contributed by atoms with Crippen LogP contribution in [0.4, 0.5) is 0 Å². The summed E-state index contributed by atoms with van der Waals surface area (Å²) in [5.41, 5.74) is -0.754. The highest BCUT2D eigenvalue weighted by atomic mass is 16.7. The van der Waals surface area contributed by atoms with Crippen LogP contribution in [0.15, 0.2) is 0 Å². The molecule has 0 aliphatic rings. The molecule has 1 N–H and O–H groups in total. The number of hydrogen-bond acceptors (Lipinski definition) is 3. The van der Waals surface area contributed by atoms with Gasteiger partial charge in [0.25, 0.3) is 0 Å². The third-order valence-corrected chi connectivity index (χ3v) is 1.38. The first-order valence-corrected chi connectivity index (χ1v) is 4.93. The van der Waals surface area contributed by atoms with Gasteiger partial charge in [-0.15, -0.1) is 0 Å². The van der Waals surface area contributed by atoms with Crippen molar-refractivity contribution in [1.29, 1.82) is 0 Å². The minimum Gasteiger partial charge on any atom is -0.389 e. The fourth-order valence-corrected chi connectivity index (χ4v) is 0.785. The lowest BCUT2D eigenvalue weighted by molar-refractivity contribution is -0.0970. The minimum absolute atomic E-state index is 0.420. The molecule has 0 bridgehead atoms. The molecule has 0 saturated heterocycles. The highest BCUT2D eigenvalue weighted by Crippen LogP contribution is 2.05. The Morgan fingerprint density at radius 3 is 2.07 bits per heavy atom. The van der Waals surface area contributed by atoms with Gasteiger partial charge in [0.05, 0.1) is 5.60 Å². The molecule has 14 heavy (non-hydrogen) atoms. The first-order chi connectivity index (χ1) is 6.49. The topological polar surface area (TPSA) is 38.7 Å². The average molecular weight is 200 g/mol. The van der Waals surface area contributed by atoms with E-state index in [1.54, 1.807) is 13.8 Å². The maximum Gasteiger partial charge on any atom is 0.222 e. The molecule has 0 aromatic carbocycles. The molecular weight excluding hydrogens is 180 g/mol. The Hall–Kier alpha value is -0.560. The Morgan fingerprint density at radius 1 is 1.21 bits per heavy atom. The molecule has 0 aliphatic heterocycles. The summed E-state index contributed by atoms with van der Waals surface area (Å²) in [5.74, 6) is 5.67. The molecule has 3 heteroatoms. The lowest BCUT2D eigenvalue weighted by Gasteiger charge is -2.13. The largest absolute Gasteiger partial charge is 0.389 e. The van der Waals surface area contributed by atoms with E-state index in [9.17, 15) is 5.11 Å². The highest BCUT2D eigenvalue weighted by molar-refractivity contribution is 5.04. The summed E-state index contributed by atoms with van der Waals surface area (Å²) < 4.78 is 10.4. The molecule has 3 nitrogen and oxygen atoms in total. The predicted molar refractivity (Wildman–Crippen MR) is 55.7 cm³/mol. The van der Waals surface area contributed by atoms with Gasteiger partial charge < -0.3 is 14.6 Å². The zero-order valence-electron chi connectivity index (χ0n) is 9.46. The minimum atomic E-state index is -0.754. The molecular formula is C11H20O3. The maximum atomic E-state index is 9.41. The number of rotatable bonds is 5. The van der Waals surface area contributed by atoms with Crippen LogP contribution in [0.1, 0.15) is 34.1 Å². The zero-order valence-corrected chi connectivity index (χ0v) is 9.46. The lowest BCUT2D eigenvalue weighted by atomic mass is 10.1. The molecule has 0 aromatic rings. The van der Waals surface area contributed by atoms with Gasteiger partial charge in [-0.3, -0.25) is 0 Å². The average Bonchev–Trinajstić information content (AvgIpc) is 2.02. The van der Waals surface area contributed by atoms with Crippen LogP contribution in [0.2, 0.25) is 0 Å². The maximum absolute atomic E-state index is 9.41. The van der Waals surface area contributed by atoms with Crippen LogP contribution in [0.25, 0.3) is 0 Å². The molecule has 82 valence electrons. The Morgan fingerprint density at radius 2 is 1.71 bits per heavy atom. The first-order valence-electron chi connectivity index (χ1n) is 4.93. The van der Waals surface area contributed by atoms with Crippen molar-refractivity contribution in [2.45, 2.75) is 46.0 Å². The summed E-state index contributed by atoms with van der Waals surface area (Å²) >= 11 is 0. The van der Waals surface area contributed by atoms with Crippen LogP contribution in [0, 0.1) is 11.8 Å². The van der Waals surface area contributed by atoms with Crippen molar-refractivity contribution in [3.8, 4) is 11.8 Å². The molecule has 0 amide bonds. The number of ether oxygens (including phenoxy) is 2. The molecule has 0 aromatic heterocycles. The van der Waals surface area contributed by atoms with Gasteiger partial charge in [-0.2, -0.15) is 0 Å². The van der Waals surface area contributed by atoms with Gasteiger partial charge in [0.1, 0.15) is 0 Å². The van der Waals surface area contributed by atoms with Crippen molar-refractivity contribution in [2.24, 2.45) is 0 Å². The van der Waals surface area contributed by atoms with E-state index in [1.807, 2.05) is 13.8 Å². The van der Waals surface area contributed by atoms with Crippen LogP contribution in [0.5, 0.6) is 0 Å². The van der Waals surface area contributed by atoms with E-state index in [0.717, 1.165) is 0 Å². The SMILES string of the molecule is CCOC(C#CCC(C)(C)O)OCC. The molecule has 0 spiro atoms. The summed E-state index contributed by atoms with van der Waals surface area (Å²) in [6, 6.07) is 0. The van der Waals surface area contributed by atoms with Crippen LogP contribution in [-0.2, 0) is 9.47 Å². The van der Waals surface area contributed by atoms with E-state index in [-0.39, 0.29) is 0 Å². The smallest absolute Gasteiger partial charge is 0.222 e. The second kappa shape index (κ2) is 6.83. The zero-order chi connectivity index (χ0) is 11.0. The van der Waals surface area contributed by atoms with Crippen LogP contribution in [-0.4, -0.2) is 30.2 Å². The van der Waals surface area contributed by atoms with E-state index in [4.69, 9.17) is 9.47 Å². The Bertz CT molecular complexity index is 189. The van der Waals surface area contributed by atoms with Crippen LogP contribution in [0.3, 0.4) is 0 Å². The Balaban J connectivity index is 3.99. The molecule has 0 saturated carbocycles. The van der Waals surface area contributed by atoms with E-state index in [2.05, 4.69) is 11.8 Å². The summed E-state index contributed by atoms with van der Waals surface area (Å²) in [6.07, 6.45) is -0.0451. The molecule has 0 rings (SSSR count). The Kier molecular flexibility index (Phi) is 6.56. The van der Waals surface area contributed by atoms with Gasteiger partial charge in [0.15, 0.2) is 0 Å². The Labute approximate surface area is 86.4 Å². The van der Waals surface area contributed by atoms with Gasteiger partial charge in [-0.25, -0.2) is 0 Å². The standard InChI is InChI=1S/C11H20O3/c1-5-13-10(14-6-2)8-7-9-11(3,4)12/h10,12H,5-6,9H2,1-4H3. The molecule has 0 aliphatic carbocycles. The van der Waals surface area contributed by atoms with Crippen molar-refractivity contribution >= 4 is 0 Å². The van der Waals surface area contributed by atoms with Crippen LogP contribution < -0.4 is 0 Å². The fourth-order valence-electron chi connectivity index (χ4n) is 0.785. The summed E-state index contributed by atoms with van der Waals surface area (Å²) in [7, 11) is 0. The van der Waals surface area contributed by atoms with Crippen molar-refractivity contribution in [3.63, 3.8) is 0 Å². The normalized spacial score (nSPS) is 11.3. The molecule has 0 atom stereocenters. The van der Waals surface area contributed by atoms with Gasteiger partial charge in [-0.1, -0.05) is 5.92 Å². The quantitative estimate of drug-likeness (QED) is 0.540. The van der Waals surface area contributed by atoms with Gasteiger partial charge >= 0.3 is 0 Å². The molecule has 0 fully saturated rings. The van der Waals surface area contributed by atoms with E-state index < -0.39 is 11.9 Å². The second-order valence-corrected chi connectivity index (χ2v) is 3.55. The highest BCUT2D eigenvalue weighted by Gasteiger charge is 2.09. The van der Waals surface area contributed by atoms with Crippen LogP contribution >= 0.6 is 0 Å².